The first-order valence-corrected chi connectivity index (χ1v) is 9.53. The smallest absolute Gasteiger partial charge is 0.194 e. The molecule has 1 N–H and O–H groups in total. The summed E-state index contributed by atoms with van der Waals surface area (Å²) >= 11 is 0. The van der Waals surface area contributed by atoms with Crippen LogP contribution in [0, 0.1) is 5.92 Å². The number of guanidine groups is 1. The molecule has 23 heavy (non-hydrogen) atoms. The molecule has 1 fully saturated rings. The third kappa shape index (κ3) is 5.98. The molecule has 0 spiro atoms. The van der Waals surface area contributed by atoms with Crippen LogP contribution < -0.4 is 5.32 Å². The maximum Gasteiger partial charge on any atom is 0.194 e. The van der Waals surface area contributed by atoms with Gasteiger partial charge in [-0.15, -0.1) is 24.0 Å². The summed E-state index contributed by atoms with van der Waals surface area (Å²) in [5.74, 6) is 1.57. The van der Waals surface area contributed by atoms with Crippen LogP contribution in [-0.2, 0) is 23.4 Å². The molecule has 0 saturated carbocycles. The molecule has 2 rings (SSSR count). The van der Waals surface area contributed by atoms with Crippen LogP contribution in [0.2, 0.25) is 0 Å². The van der Waals surface area contributed by atoms with E-state index in [0.717, 1.165) is 25.5 Å². The minimum absolute atomic E-state index is 0. The standard InChI is InChI=1S/C15H26N4O2S.HI/c1-4-16-15(17-10-13-7-9-22(20,21)12-13)19(3)11-14-6-5-8-18(14)2;/h5-6,8,13H,4,7,9-12H2,1-3H3,(H,16,17);1H. The highest BCUT2D eigenvalue weighted by atomic mass is 127. The largest absolute Gasteiger partial charge is 0.357 e. The molecule has 1 unspecified atom stereocenters. The molecule has 0 bridgehead atoms. The van der Waals surface area contributed by atoms with Crippen LogP contribution in [0.15, 0.2) is 23.3 Å². The number of aromatic nitrogens is 1. The van der Waals surface area contributed by atoms with E-state index in [1.165, 1.54) is 5.69 Å². The van der Waals surface area contributed by atoms with E-state index in [0.29, 0.717) is 12.3 Å². The lowest BCUT2D eigenvalue weighted by atomic mass is 10.1. The molecule has 132 valence electrons. The number of hydrogen-bond donors (Lipinski definition) is 1. The fourth-order valence-corrected chi connectivity index (χ4v) is 4.53. The van der Waals surface area contributed by atoms with Gasteiger partial charge in [0.05, 0.1) is 18.1 Å². The van der Waals surface area contributed by atoms with Gasteiger partial charge in [0.2, 0.25) is 0 Å². The predicted octanol–water partition coefficient (Wildman–Crippen LogP) is 1.48. The Kier molecular flexibility index (Phi) is 7.85. The van der Waals surface area contributed by atoms with Gasteiger partial charge in [0.15, 0.2) is 15.8 Å². The second-order valence-corrected chi connectivity index (χ2v) is 8.16. The maximum atomic E-state index is 11.5. The van der Waals surface area contributed by atoms with Crippen molar-refractivity contribution in [3.8, 4) is 0 Å². The summed E-state index contributed by atoms with van der Waals surface area (Å²) in [6.45, 7) is 4.16. The third-order valence-corrected chi connectivity index (χ3v) is 5.81. The van der Waals surface area contributed by atoms with Crippen molar-refractivity contribution in [2.75, 3.05) is 31.6 Å². The van der Waals surface area contributed by atoms with E-state index in [1.54, 1.807) is 0 Å². The van der Waals surface area contributed by atoms with E-state index in [-0.39, 0.29) is 35.6 Å². The Labute approximate surface area is 156 Å². The van der Waals surface area contributed by atoms with Gasteiger partial charge in [0.1, 0.15) is 0 Å². The van der Waals surface area contributed by atoms with E-state index in [1.807, 2.05) is 33.3 Å². The molecule has 1 aromatic heterocycles. The highest BCUT2D eigenvalue weighted by Crippen LogP contribution is 2.18. The Balaban J connectivity index is 0.00000264. The number of sulfone groups is 1. The normalized spacial score (nSPS) is 20.1. The number of rotatable bonds is 5. The molecule has 0 aliphatic carbocycles. The summed E-state index contributed by atoms with van der Waals surface area (Å²) in [7, 11) is 1.20. The van der Waals surface area contributed by atoms with Crippen LogP contribution >= 0.6 is 24.0 Å². The van der Waals surface area contributed by atoms with Gasteiger partial charge < -0.3 is 14.8 Å². The van der Waals surface area contributed by atoms with Crippen molar-refractivity contribution >= 4 is 39.8 Å². The van der Waals surface area contributed by atoms with E-state index in [2.05, 4.69) is 25.8 Å². The van der Waals surface area contributed by atoms with Crippen LogP contribution in [-0.4, -0.2) is 55.5 Å². The van der Waals surface area contributed by atoms with Gasteiger partial charge in [-0.05, 0) is 31.4 Å². The molecule has 1 atom stereocenters. The Morgan fingerprint density at radius 3 is 2.78 bits per heavy atom. The lowest BCUT2D eigenvalue weighted by Gasteiger charge is -2.22. The van der Waals surface area contributed by atoms with Gasteiger partial charge in [0.25, 0.3) is 0 Å². The van der Waals surface area contributed by atoms with Crippen molar-refractivity contribution in [2.45, 2.75) is 19.9 Å². The summed E-state index contributed by atoms with van der Waals surface area (Å²) in [6.07, 6.45) is 2.75. The zero-order valence-electron chi connectivity index (χ0n) is 14.0. The first-order chi connectivity index (χ1) is 10.4. The number of aliphatic imine (C=N–C) groups is 1. The van der Waals surface area contributed by atoms with E-state index < -0.39 is 9.84 Å². The molecule has 2 heterocycles. The molecule has 1 aliphatic rings. The minimum Gasteiger partial charge on any atom is -0.357 e. The maximum absolute atomic E-state index is 11.5. The summed E-state index contributed by atoms with van der Waals surface area (Å²) in [5.41, 5.74) is 1.21. The Morgan fingerprint density at radius 2 is 2.26 bits per heavy atom. The van der Waals surface area contributed by atoms with Gasteiger partial charge >= 0.3 is 0 Å². The number of nitrogens with zero attached hydrogens (tertiary/aromatic N) is 3. The van der Waals surface area contributed by atoms with Crippen molar-refractivity contribution in [2.24, 2.45) is 18.0 Å². The zero-order valence-corrected chi connectivity index (χ0v) is 17.2. The molecule has 1 saturated heterocycles. The number of aryl methyl sites for hydroxylation is 1. The van der Waals surface area contributed by atoms with E-state index in [9.17, 15) is 8.42 Å². The quantitative estimate of drug-likeness (QED) is 0.416. The van der Waals surface area contributed by atoms with Crippen LogP contribution in [0.5, 0.6) is 0 Å². The summed E-state index contributed by atoms with van der Waals surface area (Å²) in [5, 5.41) is 3.28. The third-order valence-electron chi connectivity index (χ3n) is 3.97. The van der Waals surface area contributed by atoms with E-state index >= 15 is 0 Å². The zero-order chi connectivity index (χ0) is 16.2. The summed E-state index contributed by atoms with van der Waals surface area (Å²) in [6, 6.07) is 4.11. The SMILES string of the molecule is CCNC(=NCC1CCS(=O)(=O)C1)N(C)Cc1cccn1C.I. The lowest BCUT2D eigenvalue weighted by Crippen LogP contribution is -2.39. The van der Waals surface area contributed by atoms with Crippen molar-refractivity contribution in [3.63, 3.8) is 0 Å². The second-order valence-electron chi connectivity index (χ2n) is 5.93. The highest BCUT2D eigenvalue weighted by Gasteiger charge is 2.27. The van der Waals surface area contributed by atoms with Crippen molar-refractivity contribution in [3.05, 3.63) is 24.0 Å². The fourth-order valence-electron chi connectivity index (χ4n) is 2.68. The second kappa shape index (κ2) is 8.91. The molecule has 0 radical (unpaired) electrons. The highest BCUT2D eigenvalue weighted by molar-refractivity contribution is 14.0. The summed E-state index contributed by atoms with van der Waals surface area (Å²) < 4.78 is 25.1. The van der Waals surface area contributed by atoms with Crippen LogP contribution in [0.4, 0.5) is 0 Å². The van der Waals surface area contributed by atoms with Gasteiger partial charge in [-0.3, -0.25) is 4.99 Å². The Morgan fingerprint density at radius 1 is 1.52 bits per heavy atom. The molecule has 8 heteroatoms. The minimum atomic E-state index is -2.83. The predicted molar refractivity (Wildman–Crippen MR) is 105 cm³/mol. The average Bonchev–Trinajstić information content (AvgIpc) is 3.00. The average molecular weight is 454 g/mol. The summed E-state index contributed by atoms with van der Waals surface area (Å²) in [4.78, 5) is 6.70. The number of halogens is 1. The van der Waals surface area contributed by atoms with E-state index in [4.69, 9.17) is 0 Å². The van der Waals surface area contributed by atoms with Crippen LogP contribution in [0.3, 0.4) is 0 Å². The van der Waals surface area contributed by atoms with Gasteiger partial charge in [0, 0.05) is 39.1 Å². The molecule has 1 aliphatic heterocycles. The molecule has 0 aromatic carbocycles. The van der Waals surface area contributed by atoms with Gasteiger partial charge in [-0.25, -0.2) is 8.42 Å². The van der Waals surface area contributed by atoms with Crippen molar-refractivity contribution < 1.29 is 8.42 Å². The van der Waals surface area contributed by atoms with Crippen LogP contribution in [0.25, 0.3) is 0 Å². The molecule has 0 amide bonds. The topological polar surface area (TPSA) is 66.7 Å². The number of hydrogen-bond acceptors (Lipinski definition) is 3. The van der Waals surface area contributed by atoms with Crippen molar-refractivity contribution in [1.82, 2.24) is 14.8 Å². The molecular formula is C15H27IN4O2S. The van der Waals surface area contributed by atoms with Crippen LogP contribution in [0.1, 0.15) is 19.0 Å². The lowest BCUT2D eigenvalue weighted by molar-refractivity contribution is 0.458. The fraction of sp³-hybridized carbons (Fsp3) is 0.667. The van der Waals surface area contributed by atoms with Gasteiger partial charge in [-0.2, -0.15) is 0 Å². The first-order valence-electron chi connectivity index (χ1n) is 7.71. The number of nitrogens with one attached hydrogen (secondary N) is 1. The van der Waals surface area contributed by atoms with Crippen molar-refractivity contribution in [1.29, 1.82) is 0 Å². The molecular weight excluding hydrogens is 427 g/mol. The Hall–Kier alpha value is -0.770. The molecule has 6 nitrogen and oxygen atoms in total. The van der Waals surface area contributed by atoms with Gasteiger partial charge in [-0.1, -0.05) is 0 Å². The molecule has 1 aromatic rings. The monoisotopic (exact) mass is 454 g/mol. The Bertz CT molecular complexity index is 627. The first kappa shape index (κ1) is 20.3.